The highest BCUT2D eigenvalue weighted by Crippen LogP contribution is 2.28. The Kier molecular flexibility index (Phi) is 8.40. The highest BCUT2D eigenvalue weighted by molar-refractivity contribution is 5.94. The van der Waals surface area contributed by atoms with Crippen LogP contribution in [0.3, 0.4) is 0 Å². The van der Waals surface area contributed by atoms with Gasteiger partial charge in [-0.2, -0.15) is 5.10 Å². The third-order valence-electron chi connectivity index (χ3n) is 7.61. The molecular weight excluding hydrogens is 524 g/mol. The largest absolute Gasteiger partial charge is 0.494 e. The lowest BCUT2D eigenvalue weighted by Gasteiger charge is -2.24. The van der Waals surface area contributed by atoms with E-state index in [1.54, 1.807) is 0 Å². The molecule has 6 rings (SSSR count). The Balaban J connectivity index is 1.25. The smallest absolute Gasteiger partial charge is 0.253 e. The summed E-state index contributed by atoms with van der Waals surface area (Å²) in [6, 6.07) is 27.9. The molecule has 1 amide bonds. The Labute approximate surface area is 246 Å². The second kappa shape index (κ2) is 12.9. The van der Waals surface area contributed by atoms with E-state index in [1.807, 2.05) is 88.6 Å². The van der Waals surface area contributed by atoms with Crippen LogP contribution in [0.2, 0.25) is 0 Å². The standard InChI is InChI=1S/C34H36N6O2/c1-2-3-23-42-29-17-15-27(16-18-29)34(41)39-20-10-19-38(21-22-39)32-30-25-35-40(28-13-8-5-9-14-28)33(30)37-31(36-32)24-26-11-6-4-7-12-26/h4-9,11-18,25H,2-3,10,19-24H2,1H3. The summed E-state index contributed by atoms with van der Waals surface area (Å²) in [7, 11) is 0. The van der Waals surface area contributed by atoms with Crippen molar-refractivity contribution in [1.82, 2.24) is 24.6 Å². The maximum Gasteiger partial charge on any atom is 0.253 e. The first-order valence-electron chi connectivity index (χ1n) is 14.8. The van der Waals surface area contributed by atoms with Crippen molar-refractivity contribution in [1.29, 1.82) is 0 Å². The second-order valence-corrected chi connectivity index (χ2v) is 10.6. The maximum atomic E-state index is 13.4. The van der Waals surface area contributed by atoms with Crippen molar-refractivity contribution in [2.45, 2.75) is 32.6 Å². The van der Waals surface area contributed by atoms with Crippen LogP contribution in [-0.4, -0.2) is 63.3 Å². The van der Waals surface area contributed by atoms with Crippen molar-refractivity contribution < 1.29 is 9.53 Å². The summed E-state index contributed by atoms with van der Waals surface area (Å²) in [5, 5.41) is 5.63. The van der Waals surface area contributed by atoms with Crippen LogP contribution in [0.4, 0.5) is 5.82 Å². The Morgan fingerprint density at radius 2 is 1.62 bits per heavy atom. The first-order valence-corrected chi connectivity index (χ1v) is 14.8. The zero-order valence-electron chi connectivity index (χ0n) is 24.0. The lowest BCUT2D eigenvalue weighted by atomic mass is 10.1. The fourth-order valence-electron chi connectivity index (χ4n) is 5.34. The van der Waals surface area contributed by atoms with Gasteiger partial charge in [0, 0.05) is 38.2 Å². The molecule has 0 aliphatic carbocycles. The average molecular weight is 561 g/mol. The SMILES string of the molecule is CCCCOc1ccc(C(=O)N2CCCN(c3nc(Cc4ccccc4)nc4c3cnn4-c3ccccc3)CC2)cc1. The van der Waals surface area contributed by atoms with Crippen LogP contribution in [0.5, 0.6) is 5.75 Å². The zero-order valence-corrected chi connectivity index (χ0v) is 24.0. The van der Waals surface area contributed by atoms with Gasteiger partial charge >= 0.3 is 0 Å². The summed E-state index contributed by atoms with van der Waals surface area (Å²) >= 11 is 0. The molecule has 3 heterocycles. The number of rotatable bonds is 9. The minimum Gasteiger partial charge on any atom is -0.494 e. The summed E-state index contributed by atoms with van der Waals surface area (Å²) in [5.74, 6) is 2.47. The monoisotopic (exact) mass is 560 g/mol. The van der Waals surface area contributed by atoms with E-state index < -0.39 is 0 Å². The molecule has 0 saturated carbocycles. The predicted molar refractivity (Wildman–Crippen MR) is 165 cm³/mol. The summed E-state index contributed by atoms with van der Waals surface area (Å²) < 4.78 is 7.66. The number of hydrogen-bond acceptors (Lipinski definition) is 6. The Bertz CT molecular complexity index is 1620. The summed E-state index contributed by atoms with van der Waals surface area (Å²) in [5.41, 5.74) is 3.58. The van der Waals surface area contributed by atoms with Gasteiger partial charge in [0.2, 0.25) is 0 Å². The van der Waals surface area contributed by atoms with Gasteiger partial charge in [-0.25, -0.2) is 14.6 Å². The Morgan fingerprint density at radius 1 is 0.857 bits per heavy atom. The molecule has 1 aliphatic heterocycles. The van der Waals surface area contributed by atoms with Crippen LogP contribution in [0.15, 0.2) is 91.1 Å². The van der Waals surface area contributed by atoms with Gasteiger partial charge in [0.1, 0.15) is 17.4 Å². The molecule has 42 heavy (non-hydrogen) atoms. The van der Waals surface area contributed by atoms with Gasteiger partial charge < -0.3 is 14.5 Å². The summed E-state index contributed by atoms with van der Waals surface area (Å²) in [6.07, 6.45) is 5.44. The lowest BCUT2D eigenvalue weighted by Crippen LogP contribution is -2.35. The van der Waals surface area contributed by atoms with Gasteiger partial charge in [0.25, 0.3) is 5.91 Å². The van der Waals surface area contributed by atoms with Gasteiger partial charge in [-0.3, -0.25) is 4.79 Å². The maximum absolute atomic E-state index is 13.4. The number of benzene rings is 3. The van der Waals surface area contributed by atoms with Gasteiger partial charge in [0.05, 0.1) is 23.9 Å². The number of aromatic nitrogens is 4. The molecule has 214 valence electrons. The Morgan fingerprint density at radius 3 is 2.38 bits per heavy atom. The average Bonchev–Trinajstić information content (AvgIpc) is 3.30. The molecular formula is C34H36N6O2. The number of amides is 1. The molecule has 1 saturated heterocycles. The van der Waals surface area contributed by atoms with E-state index in [-0.39, 0.29) is 5.91 Å². The lowest BCUT2D eigenvalue weighted by molar-refractivity contribution is 0.0767. The number of hydrogen-bond donors (Lipinski definition) is 0. The van der Waals surface area contributed by atoms with Gasteiger partial charge in [-0.05, 0) is 54.8 Å². The van der Waals surface area contributed by atoms with E-state index in [1.165, 1.54) is 0 Å². The quantitative estimate of drug-likeness (QED) is 0.208. The van der Waals surface area contributed by atoms with E-state index >= 15 is 0 Å². The van der Waals surface area contributed by atoms with Gasteiger partial charge in [0.15, 0.2) is 5.65 Å². The summed E-state index contributed by atoms with van der Waals surface area (Å²) in [4.78, 5) is 27.7. The first-order chi connectivity index (χ1) is 20.7. The van der Waals surface area contributed by atoms with Crippen molar-refractivity contribution in [3.8, 4) is 11.4 Å². The molecule has 1 aliphatic rings. The zero-order chi connectivity index (χ0) is 28.7. The van der Waals surface area contributed by atoms with E-state index in [4.69, 9.17) is 19.8 Å². The number of anilines is 1. The van der Waals surface area contributed by atoms with Crippen molar-refractivity contribution in [2.24, 2.45) is 0 Å². The molecule has 1 fully saturated rings. The minimum absolute atomic E-state index is 0.0476. The molecule has 5 aromatic rings. The number of fused-ring (bicyclic) bond motifs is 1. The van der Waals surface area contributed by atoms with Crippen LogP contribution in [0.25, 0.3) is 16.7 Å². The van der Waals surface area contributed by atoms with Crippen LogP contribution >= 0.6 is 0 Å². The fourth-order valence-corrected chi connectivity index (χ4v) is 5.34. The third kappa shape index (κ3) is 6.12. The van der Waals surface area contributed by atoms with Crippen LogP contribution in [-0.2, 0) is 6.42 Å². The fraction of sp³-hybridized carbons (Fsp3) is 0.294. The molecule has 0 spiro atoms. The molecule has 3 aromatic carbocycles. The predicted octanol–water partition coefficient (Wildman–Crippen LogP) is 5.94. The molecule has 8 nitrogen and oxygen atoms in total. The van der Waals surface area contributed by atoms with Crippen LogP contribution in [0, 0.1) is 0 Å². The van der Waals surface area contributed by atoms with Crippen molar-refractivity contribution in [2.75, 3.05) is 37.7 Å². The number of para-hydroxylation sites is 1. The molecule has 0 radical (unpaired) electrons. The Hall–Kier alpha value is -4.72. The van der Waals surface area contributed by atoms with Crippen molar-refractivity contribution in [3.63, 3.8) is 0 Å². The molecule has 0 unspecified atom stereocenters. The highest BCUT2D eigenvalue weighted by Gasteiger charge is 2.24. The summed E-state index contributed by atoms with van der Waals surface area (Å²) in [6.45, 7) is 5.61. The number of ether oxygens (including phenoxy) is 1. The van der Waals surface area contributed by atoms with E-state index in [2.05, 4.69) is 24.0 Å². The van der Waals surface area contributed by atoms with Crippen LogP contribution in [0.1, 0.15) is 47.9 Å². The molecule has 0 N–H and O–H groups in total. The normalized spacial score (nSPS) is 13.7. The van der Waals surface area contributed by atoms with Crippen LogP contribution < -0.4 is 9.64 Å². The van der Waals surface area contributed by atoms with Gasteiger partial charge in [-0.1, -0.05) is 61.9 Å². The molecule has 0 bridgehead atoms. The van der Waals surface area contributed by atoms with Crippen molar-refractivity contribution in [3.05, 3.63) is 108 Å². The van der Waals surface area contributed by atoms with Crippen molar-refractivity contribution >= 4 is 22.8 Å². The highest BCUT2D eigenvalue weighted by atomic mass is 16.5. The van der Waals surface area contributed by atoms with E-state index in [9.17, 15) is 4.79 Å². The van der Waals surface area contributed by atoms with E-state index in [0.29, 0.717) is 38.2 Å². The minimum atomic E-state index is 0.0476. The van der Waals surface area contributed by atoms with Gasteiger partial charge in [-0.15, -0.1) is 0 Å². The number of nitrogens with zero attached hydrogens (tertiary/aromatic N) is 6. The topological polar surface area (TPSA) is 76.4 Å². The molecule has 8 heteroatoms. The second-order valence-electron chi connectivity index (χ2n) is 10.6. The van der Waals surface area contributed by atoms with E-state index in [0.717, 1.165) is 65.5 Å². The molecule has 2 aromatic heterocycles. The molecule has 0 atom stereocenters. The number of unbranched alkanes of at least 4 members (excludes halogenated alkanes) is 1. The first kappa shape index (κ1) is 27.4. The number of carbonyl (C=O) groups excluding carboxylic acids is 1. The third-order valence-corrected chi connectivity index (χ3v) is 7.61. The number of carbonyl (C=O) groups is 1.